The second-order valence-corrected chi connectivity index (χ2v) is 7.23. The molecule has 3 rings (SSSR count). The van der Waals surface area contributed by atoms with Crippen LogP contribution in [0.5, 0.6) is 0 Å². The van der Waals surface area contributed by atoms with E-state index in [1.165, 1.54) is 6.07 Å². The summed E-state index contributed by atoms with van der Waals surface area (Å²) in [6.07, 6.45) is 2.06. The van der Waals surface area contributed by atoms with E-state index < -0.39 is 0 Å². The largest absolute Gasteiger partial charge is 0.317 e. The topological polar surface area (TPSA) is 12.0 Å². The maximum absolute atomic E-state index is 13.7. The van der Waals surface area contributed by atoms with E-state index >= 15 is 0 Å². The number of hydrogen-bond acceptors (Lipinski definition) is 2. The summed E-state index contributed by atoms with van der Waals surface area (Å²) < 4.78 is 13.7. The van der Waals surface area contributed by atoms with E-state index in [4.69, 9.17) is 23.2 Å². The summed E-state index contributed by atoms with van der Waals surface area (Å²) >= 11 is 13.9. The van der Waals surface area contributed by atoms with Gasteiger partial charge < -0.3 is 5.32 Å². The molecule has 2 aromatic carbocycles. The van der Waals surface area contributed by atoms with Crippen LogP contribution in [-0.4, -0.2) is 13.1 Å². The summed E-state index contributed by atoms with van der Waals surface area (Å²) in [7, 11) is 0. The SMILES string of the molecule is Fc1ccc(Sc2cccc(Cl)c2Cl)c(C2CCNCC2)c1. The molecule has 1 fully saturated rings. The molecule has 5 heteroatoms. The monoisotopic (exact) mass is 355 g/mol. The van der Waals surface area contributed by atoms with Gasteiger partial charge in [-0.25, -0.2) is 4.39 Å². The second kappa shape index (κ2) is 7.22. The van der Waals surface area contributed by atoms with Gasteiger partial charge in [0, 0.05) is 9.79 Å². The van der Waals surface area contributed by atoms with Gasteiger partial charge in [-0.2, -0.15) is 0 Å². The first-order chi connectivity index (χ1) is 10.6. The van der Waals surface area contributed by atoms with Crippen molar-refractivity contribution in [3.63, 3.8) is 0 Å². The van der Waals surface area contributed by atoms with Gasteiger partial charge in [-0.3, -0.25) is 0 Å². The highest BCUT2D eigenvalue weighted by Gasteiger charge is 2.20. The third kappa shape index (κ3) is 3.60. The van der Waals surface area contributed by atoms with Crippen LogP contribution in [0, 0.1) is 5.82 Å². The lowest BCUT2D eigenvalue weighted by atomic mass is 9.90. The fourth-order valence-electron chi connectivity index (χ4n) is 2.75. The molecule has 0 amide bonds. The Kier molecular flexibility index (Phi) is 5.29. The van der Waals surface area contributed by atoms with Crippen molar-refractivity contribution in [2.24, 2.45) is 0 Å². The van der Waals surface area contributed by atoms with Gasteiger partial charge >= 0.3 is 0 Å². The number of benzene rings is 2. The fourth-order valence-corrected chi connectivity index (χ4v) is 4.28. The highest BCUT2D eigenvalue weighted by molar-refractivity contribution is 7.99. The minimum Gasteiger partial charge on any atom is -0.317 e. The van der Waals surface area contributed by atoms with Crippen molar-refractivity contribution < 1.29 is 4.39 Å². The summed E-state index contributed by atoms with van der Waals surface area (Å²) in [5, 5.41) is 4.44. The fraction of sp³-hybridized carbons (Fsp3) is 0.294. The van der Waals surface area contributed by atoms with Crippen LogP contribution >= 0.6 is 35.0 Å². The van der Waals surface area contributed by atoms with Crippen LogP contribution in [0.3, 0.4) is 0 Å². The molecular formula is C17H16Cl2FNS. The van der Waals surface area contributed by atoms with E-state index in [0.29, 0.717) is 16.0 Å². The van der Waals surface area contributed by atoms with E-state index in [-0.39, 0.29) is 5.82 Å². The first-order valence-corrected chi connectivity index (χ1v) is 8.84. The normalized spacial score (nSPS) is 16.0. The average Bonchev–Trinajstić information content (AvgIpc) is 2.54. The molecule has 0 aromatic heterocycles. The van der Waals surface area contributed by atoms with Gasteiger partial charge in [0.25, 0.3) is 0 Å². The van der Waals surface area contributed by atoms with Crippen molar-refractivity contribution in [2.45, 2.75) is 28.6 Å². The first-order valence-electron chi connectivity index (χ1n) is 7.27. The van der Waals surface area contributed by atoms with Crippen molar-refractivity contribution in [1.29, 1.82) is 0 Å². The van der Waals surface area contributed by atoms with Crippen LogP contribution < -0.4 is 5.32 Å². The van der Waals surface area contributed by atoms with Crippen molar-refractivity contribution in [1.82, 2.24) is 5.32 Å². The molecule has 1 nitrogen and oxygen atoms in total. The molecule has 0 saturated carbocycles. The molecule has 2 aromatic rings. The molecule has 0 unspecified atom stereocenters. The quantitative estimate of drug-likeness (QED) is 0.751. The van der Waals surface area contributed by atoms with Crippen LogP contribution in [0.4, 0.5) is 4.39 Å². The van der Waals surface area contributed by atoms with Crippen LogP contribution in [0.25, 0.3) is 0 Å². The Balaban J connectivity index is 1.94. The molecule has 0 spiro atoms. The number of rotatable bonds is 3. The van der Waals surface area contributed by atoms with E-state index in [1.54, 1.807) is 23.9 Å². The van der Waals surface area contributed by atoms with E-state index in [0.717, 1.165) is 41.3 Å². The predicted octanol–water partition coefficient (Wildman–Crippen LogP) is 5.75. The third-order valence-corrected chi connectivity index (χ3v) is 5.97. The Morgan fingerprint density at radius 1 is 1.05 bits per heavy atom. The molecule has 0 atom stereocenters. The highest BCUT2D eigenvalue weighted by atomic mass is 35.5. The lowest BCUT2D eigenvalue weighted by Crippen LogP contribution is -2.26. The van der Waals surface area contributed by atoms with Gasteiger partial charge in [-0.1, -0.05) is 41.0 Å². The Morgan fingerprint density at radius 2 is 1.82 bits per heavy atom. The van der Waals surface area contributed by atoms with Gasteiger partial charge in [0.05, 0.1) is 10.0 Å². The molecule has 0 radical (unpaired) electrons. The predicted molar refractivity (Wildman–Crippen MR) is 91.8 cm³/mol. The van der Waals surface area contributed by atoms with Crippen LogP contribution in [0.15, 0.2) is 46.2 Å². The lowest BCUT2D eigenvalue weighted by Gasteiger charge is -2.25. The zero-order chi connectivity index (χ0) is 15.5. The summed E-state index contributed by atoms with van der Waals surface area (Å²) in [6.45, 7) is 1.95. The third-order valence-electron chi connectivity index (χ3n) is 3.89. The van der Waals surface area contributed by atoms with E-state index in [9.17, 15) is 4.39 Å². The maximum atomic E-state index is 13.7. The molecule has 1 heterocycles. The zero-order valence-corrected chi connectivity index (χ0v) is 14.2. The summed E-state index contributed by atoms with van der Waals surface area (Å²) in [5.74, 6) is 0.201. The Labute approximate surface area is 144 Å². The minimum atomic E-state index is -0.185. The minimum absolute atomic E-state index is 0.185. The van der Waals surface area contributed by atoms with Gasteiger partial charge in [0.2, 0.25) is 0 Å². The molecule has 116 valence electrons. The molecule has 0 aliphatic carbocycles. The molecule has 1 aliphatic rings. The number of piperidine rings is 1. The molecular weight excluding hydrogens is 340 g/mol. The van der Waals surface area contributed by atoms with Crippen molar-refractivity contribution in [3.8, 4) is 0 Å². The Bertz CT molecular complexity index is 672. The smallest absolute Gasteiger partial charge is 0.123 e. The molecule has 1 saturated heterocycles. The van der Waals surface area contributed by atoms with Crippen molar-refractivity contribution in [2.75, 3.05) is 13.1 Å². The average molecular weight is 356 g/mol. The van der Waals surface area contributed by atoms with Crippen LogP contribution in [0.2, 0.25) is 10.0 Å². The number of nitrogens with one attached hydrogen (secondary N) is 1. The van der Waals surface area contributed by atoms with Gasteiger partial charge in [0.15, 0.2) is 0 Å². The maximum Gasteiger partial charge on any atom is 0.123 e. The zero-order valence-electron chi connectivity index (χ0n) is 11.9. The van der Waals surface area contributed by atoms with Gasteiger partial charge in [0.1, 0.15) is 5.82 Å². The van der Waals surface area contributed by atoms with E-state index in [1.807, 2.05) is 18.2 Å². The molecule has 22 heavy (non-hydrogen) atoms. The summed E-state index contributed by atoms with van der Waals surface area (Å²) in [4.78, 5) is 1.95. The van der Waals surface area contributed by atoms with Crippen LogP contribution in [0.1, 0.15) is 24.3 Å². The second-order valence-electron chi connectivity index (χ2n) is 5.36. The van der Waals surface area contributed by atoms with Crippen LogP contribution in [-0.2, 0) is 0 Å². The Hall–Kier alpha value is -0.740. The number of halogens is 3. The Morgan fingerprint density at radius 3 is 2.59 bits per heavy atom. The number of hydrogen-bond donors (Lipinski definition) is 1. The highest BCUT2D eigenvalue weighted by Crippen LogP contribution is 2.41. The lowest BCUT2D eigenvalue weighted by molar-refractivity contribution is 0.454. The summed E-state index contributed by atoms with van der Waals surface area (Å²) in [6, 6.07) is 10.6. The molecule has 1 aliphatic heterocycles. The van der Waals surface area contributed by atoms with Gasteiger partial charge in [-0.15, -0.1) is 0 Å². The first kappa shape index (κ1) is 16.1. The van der Waals surface area contributed by atoms with Crippen molar-refractivity contribution >= 4 is 35.0 Å². The van der Waals surface area contributed by atoms with Crippen molar-refractivity contribution in [3.05, 3.63) is 57.8 Å². The summed E-state index contributed by atoms with van der Waals surface area (Å²) in [5.41, 5.74) is 1.07. The molecule has 0 bridgehead atoms. The molecule has 1 N–H and O–H groups in total. The van der Waals surface area contributed by atoms with E-state index in [2.05, 4.69) is 5.32 Å². The van der Waals surface area contributed by atoms with Gasteiger partial charge in [-0.05, 0) is 67.7 Å². The standard InChI is InChI=1S/C17H16Cl2FNS/c18-14-2-1-3-16(17(14)19)22-15-5-4-12(20)10-13(15)11-6-8-21-9-7-11/h1-5,10-11,21H,6-9H2.